The van der Waals surface area contributed by atoms with E-state index in [0.29, 0.717) is 18.6 Å². The Balaban J connectivity index is 1.81. The molecule has 24 heavy (non-hydrogen) atoms. The van der Waals surface area contributed by atoms with Gasteiger partial charge in [0.2, 0.25) is 6.41 Å². The normalized spacial score (nSPS) is 13.1. The maximum absolute atomic E-state index is 10.4. The second-order valence-electron chi connectivity index (χ2n) is 5.76. The molecule has 128 valence electrons. The van der Waals surface area contributed by atoms with Gasteiger partial charge in [-0.2, -0.15) is 0 Å². The van der Waals surface area contributed by atoms with Crippen molar-refractivity contribution in [3.63, 3.8) is 0 Å². The summed E-state index contributed by atoms with van der Waals surface area (Å²) in [6.07, 6.45) is 0.917. The molecule has 0 bridgehead atoms. The molecule has 0 aromatic heterocycles. The van der Waals surface area contributed by atoms with Crippen molar-refractivity contribution in [3.05, 3.63) is 59.7 Å². The highest BCUT2D eigenvalue weighted by atomic mass is 16.5. The van der Waals surface area contributed by atoms with Gasteiger partial charge in [-0.1, -0.05) is 24.3 Å². The fourth-order valence-corrected chi connectivity index (χ4v) is 2.49. The first-order valence-corrected chi connectivity index (χ1v) is 7.97. The van der Waals surface area contributed by atoms with Crippen LogP contribution < -0.4 is 15.4 Å². The summed E-state index contributed by atoms with van der Waals surface area (Å²) in [6, 6.07) is 15.4. The van der Waals surface area contributed by atoms with Crippen molar-refractivity contribution in [2.24, 2.45) is 0 Å². The van der Waals surface area contributed by atoms with E-state index in [2.05, 4.69) is 17.6 Å². The van der Waals surface area contributed by atoms with Crippen molar-refractivity contribution in [1.82, 2.24) is 5.32 Å². The number of carbonyl (C=O) groups excluding carboxylic acids is 1. The van der Waals surface area contributed by atoms with E-state index in [4.69, 9.17) is 4.74 Å². The number of methoxy groups -OCH3 is 1. The molecule has 0 saturated heterocycles. The van der Waals surface area contributed by atoms with Crippen molar-refractivity contribution in [1.29, 1.82) is 0 Å². The van der Waals surface area contributed by atoms with E-state index >= 15 is 0 Å². The number of anilines is 1. The molecule has 0 spiro atoms. The highest BCUT2D eigenvalue weighted by Crippen LogP contribution is 2.16. The Kier molecular flexibility index (Phi) is 6.78. The lowest BCUT2D eigenvalue weighted by Gasteiger charge is -2.18. The highest BCUT2D eigenvalue weighted by molar-refractivity contribution is 5.71. The molecule has 0 radical (unpaired) electrons. The topological polar surface area (TPSA) is 70.6 Å². The Morgan fingerprint density at radius 1 is 1.12 bits per heavy atom. The summed E-state index contributed by atoms with van der Waals surface area (Å²) in [5.74, 6) is 0.849. The maximum Gasteiger partial charge on any atom is 0.211 e. The minimum atomic E-state index is -0.589. The Labute approximate surface area is 142 Å². The van der Waals surface area contributed by atoms with Crippen LogP contribution in [0.1, 0.15) is 24.2 Å². The first-order valence-electron chi connectivity index (χ1n) is 7.97. The molecule has 0 aliphatic heterocycles. The second kappa shape index (κ2) is 9.05. The lowest BCUT2D eigenvalue weighted by Crippen LogP contribution is -2.32. The number of rotatable bonds is 9. The van der Waals surface area contributed by atoms with Crippen LogP contribution in [-0.4, -0.2) is 31.2 Å². The van der Waals surface area contributed by atoms with Gasteiger partial charge in [0.1, 0.15) is 5.75 Å². The molecule has 0 aliphatic carbocycles. The quantitative estimate of drug-likeness (QED) is 0.619. The van der Waals surface area contributed by atoms with Gasteiger partial charge < -0.3 is 20.5 Å². The van der Waals surface area contributed by atoms with Gasteiger partial charge in [-0.15, -0.1) is 0 Å². The van der Waals surface area contributed by atoms with Gasteiger partial charge in [0.25, 0.3) is 0 Å². The summed E-state index contributed by atoms with van der Waals surface area (Å²) in [5, 5.41) is 16.2. The summed E-state index contributed by atoms with van der Waals surface area (Å²) >= 11 is 0. The minimum Gasteiger partial charge on any atom is -0.497 e. The Bertz CT molecular complexity index is 626. The van der Waals surface area contributed by atoms with Gasteiger partial charge in [0, 0.05) is 18.3 Å². The summed E-state index contributed by atoms with van der Waals surface area (Å²) in [6.45, 7) is 2.56. The van der Waals surface area contributed by atoms with Gasteiger partial charge in [-0.05, 0) is 48.7 Å². The van der Waals surface area contributed by atoms with Crippen LogP contribution in [0.2, 0.25) is 0 Å². The number of benzene rings is 2. The van der Waals surface area contributed by atoms with Gasteiger partial charge in [-0.25, -0.2) is 0 Å². The Hall–Kier alpha value is -2.37. The van der Waals surface area contributed by atoms with Gasteiger partial charge >= 0.3 is 0 Å². The smallest absolute Gasteiger partial charge is 0.211 e. The van der Waals surface area contributed by atoms with Crippen LogP contribution in [0.5, 0.6) is 5.75 Å². The molecule has 1 amide bonds. The third-order valence-electron chi connectivity index (χ3n) is 3.88. The van der Waals surface area contributed by atoms with Crippen LogP contribution in [0.4, 0.5) is 5.69 Å². The summed E-state index contributed by atoms with van der Waals surface area (Å²) in [5.41, 5.74) is 2.74. The van der Waals surface area contributed by atoms with Crippen molar-refractivity contribution >= 4 is 12.1 Å². The average Bonchev–Trinajstić information content (AvgIpc) is 2.61. The van der Waals surface area contributed by atoms with Crippen molar-refractivity contribution < 1.29 is 14.6 Å². The van der Waals surface area contributed by atoms with Crippen LogP contribution in [0.15, 0.2) is 48.5 Å². The molecule has 0 heterocycles. The molecule has 2 aromatic carbocycles. The number of ether oxygens (including phenoxy) is 1. The molecule has 2 unspecified atom stereocenters. The number of aliphatic hydroxyl groups is 1. The molecule has 0 saturated carbocycles. The van der Waals surface area contributed by atoms with Crippen LogP contribution in [0.3, 0.4) is 0 Å². The monoisotopic (exact) mass is 328 g/mol. The van der Waals surface area contributed by atoms with E-state index in [1.54, 1.807) is 19.2 Å². The molecule has 2 atom stereocenters. The number of nitrogens with one attached hydrogen (secondary N) is 2. The molecule has 2 rings (SSSR count). The van der Waals surface area contributed by atoms with Crippen LogP contribution >= 0.6 is 0 Å². The second-order valence-corrected chi connectivity index (χ2v) is 5.76. The predicted octanol–water partition coefficient (Wildman–Crippen LogP) is 2.52. The fraction of sp³-hybridized carbons (Fsp3) is 0.316. The number of hydrogen-bond donors (Lipinski definition) is 3. The van der Waals surface area contributed by atoms with E-state index < -0.39 is 6.10 Å². The zero-order chi connectivity index (χ0) is 17.4. The first kappa shape index (κ1) is 18.0. The third-order valence-corrected chi connectivity index (χ3v) is 3.88. The minimum absolute atomic E-state index is 0.240. The maximum atomic E-state index is 10.4. The largest absolute Gasteiger partial charge is 0.497 e. The summed E-state index contributed by atoms with van der Waals surface area (Å²) < 4.78 is 5.15. The van der Waals surface area contributed by atoms with E-state index in [1.807, 2.05) is 36.4 Å². The van der Waals surface area contributed by atoms with Crippen molar-refractivity contribution in [2.75, 3.05) is 19.0 Å². The number of hydrogen-bond acceptors (Lipinski definition) is 4. The summed E-state index contributed by atoms with van der Waals surface area (Å²) in [4.78, 5) is 10.4. The van der Waals surface area contributed by atoms with Crippen molar-refractivity contribution in [3.8, 4) is 5.75 Å². The first-order chi connectivity index (χ1) is 11.6. The third kappa shape index (κ3) is 5.37. The lowest BCUT2D eigenvalue weighted by atomic mass is 10.1. The molecule has 3 N–H and O–H groups in total. The van der Waals surface area contributed by atoms with E-state index in [-0.39, 0.29) is 6.04 Å². The van der Waals surface area contributed by atoms with Crippen LogP contribution in [0.25, 0.3) is 0 Å². The standard InChI is InChI=1S/C19H24N2O3/c1-14(11-15-3-9-18(24-2)10-4-15)20-12-19(23)16-5-7-17(8-6-16)21-13-22/h3-10,13-14,19-20,23H,11-12H2,1-2H3,(H,21,22). The number of amides is 1. The SMILES string of the molecule is COc1ccc(CC(C)NCC(O)c2ccc(NC=O)cc2)cc1. The van der Waals surface area contributed by atoms with Crippen LogP contribution in [-0.2, 0) is 11.2 Å². The van der Waals surface area contributed by atoms with Gasteiger partial charge in [-0.3, -0.25) is 4.79 Å². The average molecular weight is 328 g/mol. The van der Waals surface area contributed by atoms with Gasteiger partial charge in [0.05, 0.1) is 13.2 Å². The summed E-state index contributed by atoms with van der Waals surface area (Å²) in [7, 11) is 1.65. The zero-order valence-electron chi connectivity index (χ0n) is 14.0. The zero-order valence-corrected chi connectivity index (χ0v) is 14.0. The van der Waals surface area contributed by atoms with E-state index in [9.17, 15) is 9.90 Å². The highest BCUT2D eigenvalue weighted by Gasteiger charge is 2.10. The molecule has 0 aliphatic rings. The molecule has 0 fully saturated rings. The number of aliphatic hydroxyl groups excluding tert-OH is 1. The van der Waals surface area contributed by atoms with Crippen LogP contribution in [0, 0.1) is 0 Å². The molecule has 5 heteroatoms. The molecule has 2 aromatic rings. The lowest BCUT2D eigenvalue weighted by molar-refractivity contribution is -0.105. The predicted molar refractivity (Wildman–Crippen MR) is 95.3 cm³/mol. The Morgan fingerprint density at radius 2 is 1.79 bits per heavy atom. The molecule has 5 nitrogen and oxygen atoms in total. The van der Waals surface area contributed by atoms with Crippen molar-refractivity contribution in [2.45, 2.75) is 25.5 Å². The fourth-order valence-electron chi connectivity index (χ4n) is 2.49. The van der Waals surface area contributed by atoms with E-state index in [0.717, 1.165) is 17.7 Å². The Morgan fingerprint density at radius 3 is 2.38 bits per heavy atom. The molecular formula is C19H24N2O3. The molecular weight excluding hydrogens is 304 g/mol. The van der Waals surface area contributed by atoms with E-state index in [1.165, 1.54) is 5.56 Å². The number of carbonyl (C=O) groups is 1. The van der Waals surface area contributed by atoms with Gasteiger partial charge in [0.15, 0.2) is 0 Å².